The van der Waals surface area contributed by atoms with Crippen molar-refractivity contribution in [3.63, 3.8) is 0 Å². The maximum atomic E-state index is 5.88. The minimum Gasteiger partial charge on any atom is -0.493 e. The van der Waals surface area contributed by atoms with Crippen LogP contribution in [0.25, 0.3) is 11.0 Å². The number of thioether (sulfide) groups is 1. The summed E-state index contributed by atoms with van der Waals surface area (Å²) >= 11 is 1.67. The Kier molecular flexibility index (Phi) is 5.04. The zero-order valence-corrected chi connectivity index (χ0v) is 15.3. The fourth-order valence-electron chi connectivity index (χ4n) is 2.74. The van der Waals surface area contributed by atoms with E-state index in [0.717, 1.165) is 27.6 Å². The molecule has 0 atom stereocenters. The Balaban J connectivity index is 1.58. The number of hydrogen-bond acceptors (Lipinski definition) is 5. The van der Waals surface area contributed by atoms with Gasteiger partial charge >= 0.3 is 0 Å². The van der Waals surface area contributed by atoms with Crippen molar-refractivity contribution in [2.75, 3.05) is 12.4 Å². The highest BCUT2D eigenvalue weighted by Crippen LogP contribution is 2.25. The number of aromatic nitrogens is 4. The number of aryl methyl sites for hydroxylation is 2. The summed E-state index contributed by atoms with van der Waals surface area (Å²) in [6.45, 7) is 7.19. The first-order valence-corrected chi connectivity index (χ1v) is 9.03. The molecule has 0 spiro atoms. The van der Waals surface area contributed by atoms with Gasteiger partial charge in [0.1, 0.15) is 17.1 Å². The van der Waals surface area contributed by atoms with Crippen LogP contribution >= 0.6 is 11.8 Å². The molecule has 0 unspecified atom stereocenters. The molecule has 3 rings (SSSR count). The van der Waals surface area contributed by atoms with Crippen molar-refractivity contribution in [1.82, 2.24) is 19.7 Å². The van der Waals surface area contributed by atoms with Crippen LogP contribution in [-0.4, -0.2) is 32.1 Å². The summed E-state index contributed by atoms with van der Waals surface area (Å²) in [7, 11) is 1.88. The summed E-state index contributed by atoms with van der Waals surface area (Å²) in [4.78, 5) is 8.61. The van der Waals surface area contributed by atoms with Gasteiger partial charge in [-0.25, -0.2) is 9.97 Å². The molecule has 5 nitrogen and oxygen atoms in total. The molecular weight excluding hydrogens is 320 g/mol. The van der Waals surface area contributed by atoms with Crippen molar-refractivity contribution in [3.8, 4) is 5.75 Å². The monoisotopic (exact) mass is 342 g/mol. The van der Waals surface area contributed by atoms with Gasteiger partial charge in [-0.1, -0.05) is 19.9 Å². The van der Waals surface area contributed by atoms with Gasteiger partial charge in [-0.2, -0.15) is 5.10 Å². The first kappa shape index (κ1) is 16.8. The zero-order valence-electron chi connectivity index (χ0n) is 14.5. The molecule has 0 aliphatic heterocycles. The second-order valence-corrected chi connectivity index (χ2v) is 7.14. The summed E-state index contributed by atoms with van der Waals surface area (Å²) < 4.78 is 7.64. The van der Waals surface area contributed by atoms with E-state index in [1.165, 1.54) is 11.1 Å². The third-order valence-electron chi connectivity index (χ3n) is 3.95. The molecule has 2 aromatic heterocycles. The molecule has 24 heavy (non-hydrogen) atoms. The van der Waals surface area contributed by atoms with Gasteiger partial charge in [-0.15, -0.1) is 11.8 Å². The molecule has 1 aromatic carbocycles. The van der Waals surface area contributed by atoms with Gasteiger partial charge in [0, 0.05) is 12.8 Å². The summed E-state index contributed by atoms with van der Waals surface area (Å²) in [6, 6.07) is 6.33. The topological polar surface area (TPSA) is 52.8 Å². The SMILES string of the molecule is Cc1cc(OCCSc2ncnc3c2cnn3C)ccc1C(C)C. The van der Waals surface area contributed by atoms with Crippen LogP contribution in [0.1, 0.15) is 30.9 Å². The Morgan fingerprint density at radius 3 is 2.83 bits per heavy atom. The number of benzene rings is 1. The Morgan fingerprint density at radius 1 is 1.25 bits per heavy atom. The van der Waals surface area contributed by atoms with Crippen LogP contribution in [-0.2, 0) is 7.05 Å². The fraction of sp³-hybridized carbons (Fsp3) is 0.389. The first-order chi connectivity index (χ1) is 11.6. The van der Waals surface area contributed by atoms with Crippen LogP contribution in [0, 0.1) is 6.92 Å². The lowest BCUT2D eigenvalue weighted by molar-refractivity contribution is 0.343. The number of fused-ring (bicyclic) bond motifs is 1. The molecule has 6 heteroatoms. The highest BCUT2D eigenvalue weighted by molar-refractivity contribution is 7.99. The van der Waals surface area contributed by atoms with Crippen LogP contribution in [0.15, 0.2) is 35.7 Å². The Hall–Kier alpha value is -2.08. The maximum Gasteiger partial charge on any atom is 0.162 e. The van der Waals surface area contributed by atoms with Crippen molar-refractivity contribution in [3.05, 3.63) is 41.9 Å². The normalized spacial score (nSPS) is 11.4. The average Bonchev–Trinajstić information content (AvgIpc) is 2.93. The molecule has 0 N–H and O–H groups in total. The van der Waals surface area contributed by atoms with Gasteiger partial charge < -0.3 is 4.74 Å². The molecule has 0 amide bonds. The van der Waals surface area contributed by atoms with E-state index in [1.807, 2.05) is 13.2 Å². The molecule has 0 bridgehead atoms. The van der Waals surface area contributed by atoms with Crippen molar-refractivity contribution in [2.24, 2.45) is 7.05 Å². The fourth-order valence-corrected chi connectivity index (χ4v) is 3.52. The largest absolute Gasteiger partial charge is 0.493 e. The van der Waals surface area contributed by atoms with E-state index in [-0.39, 0.29) is 0 Å². The molecule has 0 fully saturated rings. The van der Waals surface area contributed by atoms with Gasteiger partial charge in [0.2, 0.25) is 0 Å². The van der Waals surface area contributed by atoms with E-state index in [4.69, 9.17) is 4.74 Å². The number of rotatable bonds is 6. The second-order valence-electron chi connectivity index (χ2n) is 6.05. The van der Waals surface area contributed by atoms with Crippen molar-refractivity contribution in [1.29, 1.82) is 0 Å². The van der Waals surface area contributed by atoms with Gasteiger partial charge in [0.15, 0.2) is 5.65 Å². The molecule has 0 aliphatic rings. The minimum absolute atomic E-state index is 0.536. The van der Waals surface area contributed by atoms with E-state index >= 15 is 0 Å². The van der Waals surface area contributed by atoms with E-state index in [1.54, 1.807) is 22.8 Å². The van der Waals surface area contributed by atoms with Gasteiger partial charge in [0.05, 0.1) is 18.2 Å². The summed E-state index contributed by atoms with van der Waals surface area (Å²) in [5.74, 6) is 2.28. The Morgan fingerprint density at radius 2 is 2.08 bits per heavy atom. The summed E-state index contributed by atoms with van der Waals surface area (Å²) in [5.41, 5.74) is 3.51. The van der Waals surface area contributed by atoms with Crippen molar-refractivity contribution >= 4 is 22.8 Å². The summed E-state index contributed by atoms with van der Waals surface area (Å²) in [6.07, 6.45) is 3.40. The van der Waals surface area contributed by atoms with Crippen LogP contribution in [0.2, 0.25) is 0 Å². The van der Waals surface area contributed by atoms with Crippen LogP contribution in [0.3, 0.4) is 0 Å². The molecule has 3 aromatic rings. The lowest BCUT2D eigenvalue weighted by Crippen LogP contribution is -2.02. The predicted octanol–water partition coefficient (Wildman–Crippen LogP) is 3.97. The third-order valence-corrected chi connectivity index (χ3v) is 4.92. The molecule has 126 valence electrons. The molecule has 0 aliphatic carbocycles. The lowest BCUT2D eigenvalue weighted by atomic mass is 9.98. The summed E-state index contributed by atoms with van der Waals surface area (Å²) in [5, 5.41) is 6.17. The predicted molar refractivity (Wildman–Crippen MR) is 97.8 cm³/mol. The van der Waals surface area contributed by atoms with E-state index < -0.39 is 0 Å². The minimum atomic E-state index is 0.536. The Bertz CT molecular complexity index is 844. The van der Waals surface area contributed by atoms with Crippen LogP contribution in [0.5, 0.6) is 5.75 Å². The molecule has 0 saturated carbocycles. The van der Waals surface area contributed by atoms with Gasteiger partial charge in [0.25, 0.3) is 0 Å². The smallest absolute Gasteiger partial charge is 0.162 e. The van der Waals surface area contributed by atoms with Crippen LogP contribution in [0.4, 0.5) is 0 Å². The lowest BCUT2D eigenvalue weighted by Gasteiger charge is -2.12. The average molecular weight is 342 g/mol. The third kappa shape index (κ3) is 3.53. The molecule has 2 heterocycles. The highest BCUT2D eigenvalue weighted by Gasteiger charge is 2.08. The molecule has 0 saturated heterocycles. The first-order valence-electron chi connectivity index (χ1n) is 8.05. The number of hydrogen-bond donors (Lipinski definition) is 0. The number of nitrogens with zero attached hydrogens (tertiary/aromatic N) is 4. The van der Waals surface area contributed by atoms with E-state index in [0.29, 0.717) is 12.5 Å². The van der Waals surface area contributed by atoms with Gasteiger partial charge in [-0.05, 0) is 36.1 Å². The van der Waals surface area contributed by atoms with Gasteiger partial charge in [-0.3, -0.25) is 4.68 Å². The Labute approximate surface area is 146 Å². The standard InChI is InChI=1S/C18H22N4OS/c1-12(2)15-6-5-14(9-13(15)3)23-7-8-24-18-16-10-21-22(4)17(16)19-11-20-18/h5-6,9-12H,7-8H2,1-4H3. The number of ether oxygens (including phenoxy) is 1. The van der Waals surface area contributed by atoms with Crippen molar-refractivity contribution in [2.45, 2.75) is 31.7 Å². The van der Waals surface area contributed by atoms with Crippen molar-refractivity contribution < 1.29 is 4.74 Å². The highest BCUT2D eigenvalue weighted by atomic mass is 32.2. The quantitative estimate of drug-likeness (QED) is 0.385. The second kappa shape index (κ2) is 7.21. The zero-order chi connectivity index (χ0) is 17.1. The molecule has 0 radical (unpaired) electrons. The van der Waals surface area contributed by atoms with E-state index in [2.05, 4.69) is 54.0 Å². The maximum absolute atomic E-state index is 5.88. The molecular formula is C18H22N4OS. The van der Waals surface area contributed by atoms with Crippen LogP contribution < -0.4 is 4.74 Å². The van der Waals surface area contributed by atoms with E-state index in [9.17, 15) is 0 Å².